The Kier molecular flexibility index (Phi) is 6.62. The summed E-state index contributed by atoms with van der Waals surface area (Å²) in [7, 11) is 1.31. The van der Waals surface area contributed by atoms with Crippen molar-refractivity contribution >= 4 is 29.3 Å². The van der Waals surface area contributed by atoms with Crippen LogP contribution in [0.4, 0.5) is 10.1 Å². The van der Waals surface area contributed by atoms with Gasteiger partial charge in [-0.2, -0.15) is 0 Å². The Labute approximate surface area is 186 Å². The highest BCUT2D eigenvalue weighted by Crippen LogP contribution is 2.47. The van der Waals surface area contributed by atoms with Crippen molar-refractivity contribution in [3.05, 3.63) is 59.9 Å². The van der Waals surface area contributed by atoms with Gasteiger partial charge in [-0.15, -0.1) is 0 Å². The van der Waals surface area contributed by atoms with Crippen LogP contribution in [-0.2, 0) is 20.7 Å². The van der Waals surface area contributed by atoms with Gasteiger partial charge in [-0.3, -0.25) is 4.79 Å². The maximum atomic E-state index is 13.9. The maximum Gasteiger partial charge on any atom is 0.332 e. The summed E-state index contributed by atoms with van der Waals surface area (Å²) in [6, 6.07) is 13.6. The van der Waals surface area contributed by atoms with Gasteiger partial charge in [0, 0.05) is 24.4 Å². The molecule has 2 aromatic carbocycles. The zero-order chi connectivity index (χ0) is 21.8. The third kappa shape index (κ3) is 4.48. The van der Waals surface area contributed by atoms with Crippen molar-refractivity contribution in [1.82, 2.24) is 4.90 Å². The van der Waals surface area contributed by atoms with Crippen molar-refractivity contribution in [3.8, 4) is 0 Å². The van der Waals surface area contributed by atoms with E-state index >= 15 is 0 Å². The van der Waals surface area contributed by atoms with Crippen molar-refractivity contribution in [1.29, 1.82) is 0 Å². The Morgan fingerprint density at radius 3 is 2.48 bits per heavy atom. The number of rotatable bonds is 6. The van der Waals surface area contributed by atoms with Crippen LogP contribution in [0.2, 0.25) is 0 Å². The predicted molar refractivity (Wildman–Crippen MR) is 120 cm³/mol. The fraction of sp³-hybridized carbons (Fsp3) is 0.417. The van der Waals surface area contributed by atoms with E-state index in [2.05, 4.69) is 4.90 Å². The van der Waals surface area contributed by atoms with Crippen molar-refractivity contribution < 1.29 is 18.7 Å². The molecule has 0 N–H and O–H groups in total. The lowest BCUT2D eigenvalue weighted by Crippen LogP contribution is -2.57. The number of anilines is 1. The minimum Gasteiger partial charge on any atom is -0.468 e. The quantitative estimate of drug-likeness (QED) is 0.502. The number of esters is 1. The predicted octanol–water partition coefficient (Wildman–Crippen LogP) is 3.90. The molecule has 7 heteroatoms. The Balaban J connectivity index is 1.68. The van der Waals surface area contributed by atoms with Gasteiger partial charge in [0.25, 0.3) is 5.91 Å². The number of piperidine rings is 1. The number of hydrogen-bond acceptors (Lipinski definition) is 5. The largest absolute Gasteiger partial charge is 0.468 e. The van der Waals surface area contributed by atoms with Crippen LogP contribution in [0.25, 0.3) is 0 Å². The number of nitrogens with zero attached hydrogens (tertiary/aromatic N) is 2. The second-order valence-electron chi connectivity index (χ2n) is 8.05. The van der Waals surface area contributed by atoms with Gasteiger partial charge < -0.3 is 14.5 Å². The number of benzene rings is 2. The summed E-state index contributed by atoms with van der Waals surface area (Å²) < 4.78 is 17.1. The zero-order valence-corrected chi connectivity index (χ0v) is 18.5. The van der Waals surface area contributed by atoms with Crippen LogP contribution in [0, 0.1) is 5.82 Å². The van der Waals surface area contributed by atoms with Gasteiger partial charge in [0.15, 0.2) is 0 Å². The van der Waals surface area contributed by atoms with Crippen LogP contribution in [0.5, 0.6) is 0 Å². The number of likely N-dealkylation sites (tertiary alicyclic amines) is 1. The van der Waals surface area contributed by atoms with E-state index in [4.69, 9.17) is 4.74 Å². The Hall–Kier alpha value is -2.38. The summed E-state index contributed by atoms with van der Waals surface area (Å²) in [5.41, 5.74) is 1.54. The van der Waals surface area contributed by atoms with Gasteiger partial charge >= 0.3 is 5.97 Å². The molecule has 2 heterocycles. The normalized spacial score (nSPS) is 21.6. The van der Waals surface area contributed by atoms with Gasteiger partial charge in [0.1, 0.15) is 5.82 Å². The van der Waals surface area contributed by atoms with Crippen molar-refractivity contribution in [2.75, 3.05) is 38.2 Å². The first-order chi connectivity index (χ1) is 15.0. The molecule has 5 nitrogen and oxygen atoms in total. The number of hydrogen-bond donors (Lipinski definition) is 0. The molecule has 0 spiro atoms. The average Bonchev–Trinajstić information content (AvgIpc) is 2.80. The molecule has 4 rings (SSSR count). The highest BCUT2D eigenvalue weighted by molar-refractivity contribution is 8.02. The Morgan fingerprint density at radius 2 is 1.77 bits per heavy atom. The number of thioether (sulfide) groups is 1. The van der Waals surface area contributed by atoms with Crippen molar-refractivity contribution in [3.63, 3.8) is 0 Å². The highest BCUT2D eigenvalue weighted by atomic mass is 32.2. The number of carbonyl (C=O) groups excluding carboxylic acids is 2. The number of ether oxygens (including phenoxy) is 1. The molecule has 31 heavy (non-hydrogen) atoms. The molecule has 164 valence electrons. The monoisotopic (exact) mass is 442 g/mol. The Morgan fingerprint density at radius 1 is 1.06 bits per heavy atom. The summed E-state index contributed by atoms with van der Waals surface area (Å²) >= 11 is 1.24. The molecule has 1 saturated heterocycles. The minimum atomic E-state index is -1.44. The minimum absolute atomic E-state index is 0.137. The van der Waals surface area contributed by atoms with Crippen LogP contribution < -0.4 is 4.90 Å². The first kappa shape index (κ1) is 21.8. The van der Waals surface area contributed by atoms with E-state index in [1.165, 1.54) is 50.3 Å². The van der Waals surface area contributed by atoms with Crippen LogP contribution in [0.3, 0.4) is 0 Å². The summed E-state index contributed by atoms with van der Waals surface area (Å²) in [6.45, 7) is 3.35. The number of amides is 1. The fourth-order valence-corrected chi connectivity index (χ4v) is 5.75. The molecule has 1 amide bonds. The zero-order valence-electron chi connectivity index (χ0n) is 17.7. The van der Waals surface area contributed by atoms with E-state index in [-0.39, 0.29) is 18.1 Å². The van der Waals surface area contributed by atoms with Gasteiger partial charge in [-0.25, -0.2) is 9.18 Å². The number of methoxy groups -OCH3 is 1. The van der Waals surface area contributed by atoms with Crippen LogP contribution >= 0.6 is 11.8 Å². The van der Waals surface area contributed by atoms with Gasteiger partial charge in [-0.1, -0.05) is 42.4 Å². The van der Waals surface area contributed by atoms with Gasteiger partial charge in [0.05, 0.1) is 12.8 Å². The molecule has 1 fully saturated rings. The van der Waals surface area contributed by atoms with Gasteiger partial charge in [-0.05, 0) is 55.8 Å². The van der Waals surface area contributed by atoms with Crippen LogP contribution in [0.15, 0.2) is 53.4 Å². The van der Waals surface area contributed by atoms with E-state index in [0.29, 0.717) is 12.1 Å². The molecule has 0 radical (unpaired) electrons. The van der Waals surface area contributed by atoms with Crippen molar-refractivity contribution in [2.24, 2.45) is 0 Å². The van der Waals surface area contributed by atoms with E-state index in [1.54, 1.807) is 17.0 Å². The smallest absolute Gasteiger partial charge is 0.332 e. The molecule has 1 unspecified atom stereocenters. The molecule has 0 aromatic heterocycles. The molecule has 2 aliphatic heterocycles. The standard InChI is InChI=1S/C24H27FN2O3S/c1-30-23(29)24(17-18-9-11-19(25)12-10-18)22(28)27(16-15-26-13-5-2-6-14-26)20-7-3-4-8-21(20)31-24/h3-4,7-12H,2,5-6,13-17H2,1H3. The molecular weight excluding hydrogens is 415 g/mol. The maximum absolute atomic E-state index is 13.9. The fourth-order valence-electron chi connectivity index (χ4n) is 4.34. The Bertz CT molecular complexity index is 946. The highest BCUT2D eigenvalue weighted by Gasteiger charge is 2.54. The molecule has 0 saturated carbocycles. The summed E-state index contributed by atoms with van der Waals surface area (Å²) in [4.78, 5) is 31.9. The molecule has 0 aliphatic carbocycles. The SMILES string of the molecule is COC(=O)C1(Cc2ccc(F)cc2)Sc2ccccc2N(CCN2CCCCC2)C1=O. The number of halogens is 1. The summed E-state index contributed by atoms with van der Waals surface area (Å²) in [6.07, 6.45) is 3.74. The summed E-state index contributed by atoms with van der Waals surface area (Å²) in [5, 5.41) is 0. The first-order valence-electron chi connectivity index (χ1n) is 10.7. The molecule has 2 aliphatic rings. The van der Waals surface area contributed by atoms with Crippen LogP contribution in [0.1, 0.15) is 24.8 Å². The van der Waals surface area contributed by atoms with E-state index in [0.717, 1.165) is 30.2 Å². The number of carbonyl (C=O) groups is 2. The molecule has 2 aromatic rings. The molecular formula is C24H27FN2O3S. The average molecular weight is 443 g/mol. The number of fused-ring (bicyclic) bond motifs is 1. The lowest BCUT2D eigenvalue weighted by atomic mass is 9.95. The van der Waals surface area contributed by atoms with E-state index in [9.17, 15) is 14.0 Å². The third-order valence-electron chi connectivity index (χ3n) is 6.00. The van der Waals surface area contributed by atoms with Gasteiger partial charge in [0.2, 0.25) is 4.75 Å². The van der Waals surface area contributed by atoms with E-state index in [1.807, 2.05) is 24.3 Å². The van der Waals surface area contributed by atoms with Crippen molar-refractivity contribution in [2.45, 2.75) is 35.3 Å². The first-order valence-corrected chi connectivity index (χ1v) is 11.5. The topological polar surface area (TPSA) is 49.9 Å². The lowest BCUT2D eigenvalue weighted by Gasteiger charge is -2.41. The second kappa shape index (κ2) is 9.40. The number of para-hydroxylation sites is 1. The van der Waals surface area contributed by atoms with E-state index < -0.39 is 10.7 Å². The van der Waals surface area contributed by atoms with Crippen LogP contribution in [-0.4, -0.2) is 54.8 Å². The third-order valence-corrected chi connectivity index (χ3v) is 7.40. The molecule has 0 bridgehead atoms. The molecule has 1 atom stereocenters. The second-order valence-corrected chi connectivity index (χ2v) is 9.39. The lowest BCUT2D eigenvalue weighted by molar-refractivity contribution is -0.147. The summed E-state index contributed by atoms with van der Waals surface area (Å²) in [5.74, 6) is -1.21.